The molecule has 1 heterocycles. The van der Waals surface area contributed by atoms with Crippen molar-refractivity contribution in [2.45, 2.75) is 72.3 Å². The molecule has 0 aliphatic heterocycles. The van der Waals surface area contributed by atoms with Crippen molar-refractivity contribution < 1.29 is 9.59 Å². The highest BCUT2D eigenvalue weighted by molar-refractivity contribution is 5.97. The Balaban J connectivity index is 1.64. The molecule has 3 aromatic carbocycles. The predicted octanol–water partition coefficient (Wildman–Crippen LogP) is 8.09. The van der Waals surface area contributed by atoms with Crippen molar-refractivity contribution in [3.05, 3.63) is 107 Å². The number of benzene rings is 3. The zero-order valence-corrected chi connectivity index (χ0v) is 25.8. The number of carbonyl (C=O) groups excluding carboxylic acids is 2. The van der Waals surface area contributed by atoms with Gasteiger partial charge in [-0.3, -0.25) is 4.79 Å². The maximum Gasteiger partial charge on any atom is 0.322 e. The first-order chi connectivity index (χ1) is 19.9. The molecule has 1 aromatic heterocycles. The summed E-state index contributed by atoms with van der Waals surface area (Å²) in [6, 6.07) is 27.2. The highest BCUT2D eigenvalue weighted by Gasteiger charge is 2.25. The molecule has 0 saturated heterocycles. The molecule has 0 radical (unpaired) electrons. The number of urea groups is 1. The van der Waals surface area contributed by atoms with E-state index in [1.165, 1.54) is 0 Å². The van der Waals surface area contributed by atoms with Gasteiger partial charge in [-0.2, -0.15) is 5.10 Å². The Hall–Kier alpha value is -4.39. The maximum atomic E-state index is 13.9. The molecule has 0 bridgehead atoms. The first-order valence-corrected chi connectivity index (χ1v) is 14.6. The first-order valence-electron chi connectivity index (χ1n) is 14.6. The van der Waals surface area contributed by atoms with Crippen LogP contribution in [-0.4, -0.2) is 33.2 Å². The highest BCUT2D eigenvalue weighted by Crippen LogP contribution is 2.33. The van der Waals surface area contributed by atoms with E-state index in [-0.39, 0.29) is 42.3 Å². The van der Waals surface area contributed by atoms with Crippen molar-refractivity contribution in [1.82, 2.24) is 14.7 Å². The molecule has 0 fully saturated rings. The monoisotopic (exact) mass is 565 g/mol. The number of rotatable bonds is 9. The van der Waals surface area contributed by atoms with Gasteiger partial charge in [0.05, 0.1) is 11.4 Å². The average Bonchev–Trinajstić information content (AvgIpc) is 3.38. The second kappa shape index (κ2) is 13.1. The number of hydrogen-bond acceptors (Lipinski definition) is 3. The third kappa shape index (κ3) is 7.46. The summed E-state index contributed by atoms with van der Waals surface area (Å²) in [6.45, 7) is 14.9. The summed E-state index contributed by atoms with van der Waals surface area (Å²) in [6.07, 6.45) is 0. The quantitative estimate of drug-likeness (QED) is 0.215. The molecular weight excluding hydrogens is 522 g/mol. The van der Waals surface area contributed by atoms with Gasteiger partial charge in [0, 0.05) is 23.7 Å². The third-order valence-electron chi connectivity index (χ3n) is 7.19. The molecular formula is C35H43N5O2. The molecule has 0 aliphatic carbocycles. The molecule has 7 heteroatoms. The minimum Gasteiger partial charge on any atom is -0.311 e. The van der Waals surface area contributed by atoms with E-state index in [4.69, 9.17) is 5.10 Å². The molecule has 2 N–H and O–H groups in total. The van der Waals surface area contributed by atoms with Crippen LogP contribution < -0.4 is 10.6 Å². The smallest absolute Gasteiger partial charge is 0.311 e. The van der Waals surface area contributed by atoms with Crippen molar-refractivity contribution in [2.75, 3.05) is 17.2 Å². The second-order valence-corrected chi connectivity index (χ2v) is 12.4. The summed E-state index contributed by atoms with van der Waals surface area (Å²) < 4.78 is 1.74. The van der Waals surface area contributed by atoms with Gasteiger partial charge in [-0.15, -0.1) is 0 Å². The van der Waals surface area contributed by atoms with Gasteiger partial charge in [0.15, 0.2) is 0 Å². The fourth-order valence-corrected chi connectivity index (χ4v) is 4.84. The number of aromatic nitrogens is 2. The van der Waals surface area contributed by atoms with Crippen LogP contribution in [0, 0.1) is 0 Å². The van der Waals surface area contributed by atoms with Crippen LogP contribution in [0.4, 0.5) is 16.3 Å². The Morgan fingerprint density at radius 3 is 1.93 bits per heavy atom. The van der Waals surface area contributed by atoms with Crippen LogP contribution in [0.15, 0.2) is 84.9 Å². The zero-order valence-electron chi connectivity index (χ0n) is 25.8. The van der Waals surface area contributed by atoms with E-state index < -0.39 is 0 Å². The van der Waals surface area contributed by atoms with Crippen LogP contribution in [0.5, 0.6) is 0 Å². The van der Waals surface area contributed by atoms with Crippen molar-refractivity contribution in [2.24, 2.45) is 0 Å². The molecule has 0 atom stereocenters. The average molecular weight is 566 g/mol. The Labute approximate surface area is 250 Å². The van der Waals surface area contributed by atoms with Crippen LogP contribution in [0.25, 0.3) is 5.69 Å². The Morgan fingerprint density at radius 2 is 1.38 bits per heavy atom. The summed E-state index contributed by atoms with van der Waals surface area (Å²) in [5, 5.41) is 11.0. The van der Waals surface area contributed by atoms with Gasteiger partial charge in [0.25, 0.3) is 0 Å². The van der Waals surface area contributed by atoms with Crippen molar-refractivity contribution in [1.29, 1.82) is 0 Å². The molecule has 220 valence electrons. The lowest BCUT2D eigenvalue weighted by molar-refractivity contribution is -0.116. The Bertz CT molecular complexity index is 1480. The molecule has 4 rings (SSSR count). The topological polar surface area (TPSA) is 79.3 Å². The summed E-state index contributed by atoms with van der Waals surface area (Å²) in [5.41, 5.74) is 5.38. The number of hydrogen-bond donors (Lipinski definition) is 2. The molecule has 42 heavy (non-hydrogen) atoms. The molecule has 0 aliphatic rings. The first kappa shape index (κ1) is 30.6. The Morgan fingerprint density at radius 1 is 0.810 bits per heavy atom. The van der Waals surface area contributed by atoms with E-state index in [0.29, 0.717) is 5.82 Å². The minimum absolute atomic E-state index is 0.133. The van der Waals surface area contributed by atoms with E-state index in [9.17, 15) is 9.59 Å². The lowest BCUT2D eigenvalue weighted by Gasteiger charge is -2.26. The van der Waals surface area contributed by atoms with Gasteiger partial charge in [-0.1, -0.05) is 115 Å². The standard InChI is InChI=1S/C35H43N5O2/c1-24(2)28-19-14-20-29(25(3)4)33(28)37-34(42)39(22-26-15-10-8-11-16-26)23-32(41)36-31-21-30(35(5,6)7)38-40(31)27-17-12-9-13-18-27/h8-21,24-25H,22-23H2,1-7H3,(H,36,41)(H,37,42). The summed E-state index contributed by atoms with van der Waals surface area (Å²) >= 11 is 0. The number of para-hydroxylation sites is 2. The van der Waals surface area contributed by atoms with Crippen LogP contribution in [-0.2, 0) is 16.8 Å². The van der Waals surface area contributed by atoms with Crippen LogP contribution in [0.2, 0.25) is 0 Å². The number of amides is 3. The van der Waals surface area contributed by atoms with E-state index >= 15 is 0 Å². The van der Waals surface area contributed by atoms with Gasteiger partial charge >= 0.3 is 6.03 Å². The minimum atomic E-state index is -0.323. The van der Waals surface area contributed by atoms with E-state index in [1.54, 1.807) is 9.58 Å². The summed E-state index contributed by atoms with van der Waals surface area (Å²) in [5.74, 6) is 0.698. The van der Waals surface area contributed by atoms with Crippen LogP contribution in [0.3, 0.4) is 0 Å². The van der Waals surface area contributed by atoms with E-state index in [1.807, 2.05) is 72.8 Å². The fourth-order valence-electron chi connectivity index (χ4n) is 4.84. The van der Waals surface area contributed by atoms with E-state index in [0.717, 1.165) is 33.8 Å². The fraction of sp³-hybridized carbons (Fsp3) is 0.343. The normalized spacial score (nSPS) is 11.5. The van der Waals surface area contributed by atoms with Crippen LogP contribution in [0.1, 0.15) is 82.7 Å². The SMILES string of the molecule is CC(C)c1cccc(C(C)C)c1NC(=O)N(CC(=O)Nc1cc(C(C)(C)C)nn1-c1ccccc1)Cc1ccccc1. The summed E-state index contributed by atoms with van der Waals surface area (Å²) in [4.78, 5) is 29.0. The van der Waals surface area contributed by atoms with Crippen molar-refractivity contribution >= 4 is 23.4 Å². The van der Waals surface area contributed by atoms with Gasteiger partial charge in [0.1, 0.15) is 12.4 Å². The van der Waals surface area contributed by atoms with Gasteiger partial charge in [0.2, 0.25) is 5.91 Å². The predicted molar refractivity (Wildman–Crippen MR) is 171 cm³/mol. The molecule has 0 unspecified atom stereocenters. The van der Waals surface area contributed by atoms with Gasteiger partial charge in [-0.25, -0.2) is 9.48 Å². The van der Waals surface area contributed by atoms with E-state index in [2.05, 4.69) is 71.2 Å². The molecule has 0 saturated carbocycles. The van der Waals surface area contributed by atoms with Gasteiger partial charge in [-0.05, 0) is 40.7 Å². The number of nitrogens with zero attached hydrogens (tertiary/aromatic N) is 3. The molecule has 0 spiro atoms. The molecule has 4 aromatic rings. The number of carbonyl (C=O) groups is 2. The van der Waals surface area contributed by atoms with Gasteiger partial charge < -0.3 is 15.5 Å². The van der Waals surface area contributed by atoms with Crippen molar-refractivity contribution in [3.63, 3.8) is 0 Å². The molecule has 3 amide bonds. The summed E-state index contributed by atoms with van der Waals surface area (Å²) in [7, 11) is 0. The third-order valence-corrected chi connectivity index (χ3v) is 7.19. The number of nitrogens with one attached hydrogen (secondary N) is 2. The van der Waals surface area contributed by atoms with Crippen molar-refractivity contribution in [3.8, 4) is 5.69 Å². The van der Waals surface area contributed by atoms with Crippen LogP contribution >= 0.6 is 0 Å². The second-order valence-electron chi connectivity index (χ2n) is 12.4. The highest BCUT2D eigenvalue weighted by atomic mass is 16.2. The number of anilines is 2. The lowest BCUT2D eigenvalue weighted by Crippen LogP contribution is -2.40. The lowest BCUT2D eigenvalue weighted by atomic mass is 9.92. The Kier molecular flexibility index (Phi) is 9.51. The largest absolute Gasteiger partial charge is 0.322 e. The molecule has 7 nitrogen and oxygen atoms in total. The zero-order chi connectivity index (χ0) is 30.4. The maximum absolute atomic E-state index is 13.9.